The van der Waals surface area contributed by atoms with Crippen molar-refractivity contribution < 1.29 is 18.3 Å². The van der Waals surface area contributed by atoms with Gasteiger partial charge in [-0.1, -0.05) is 84.6 Å². The second-order valence-electron chi connectivity index (χ2n) is 9.40. The van der Waals surface area contributed by atoms with Crippen molar-refractivity contribution >= 4 is 0 Å². The molecule has 1 aliphatic carbocycles. The van der Waals surface area contributed by atoms with Crippen LogP contribution in [0.15, 0.2) is 109 Å². The quantitative estimate of drug-likeness (QED) is 0.209. The Morgan fingerprint density at radius 3 is 2.05 bits per heavy atom. The van der Waals surface area contributed by atoms with Crippen LogP contribution in [0.1, 0.15) is 33.4 Å². The highest BCUT2D eigenvalue weighted by Gasteiger charge is 2.26. The summed E-state index contributed by atoms with van der Waals surface area (Å²) < 4.78 is 40.1. The molecular weight excluding hydrogens is 490 g/mol. The van der Waals surface area contributed by atoms with Gasteiger partial charge in [-0.15, -0.1) is 0 Å². The Labute approximate surface area is 226 Å². The van der Waals surface area contributed by atoms with Gasteiger partial charge in [-0.2, -0.15) is 0 Å². The number of fused-ring (bicyclic) bond motifs is 3. The molecule has 0 heterocycles. The first-order chi connectivity index (χ1) is 19.1. The minimum Gasteiger partial charge on any atom is -0.485 e. The predicted octanol–water partition coefficient (Wildman–Crippen LogP) is 8.09. The normalized spacial score (nSPS) is 11.2. The number of rotatable bonds is 6. The minimum absolute atomic E-state index is 0.154. The van der Waals surface area contributed by atoms with Crippen LogP contribution in [0.25, 0.3) is 11.1 Å². The molecule has 0 N–H and O–H groups in total. The smallest absolute Gasteiger partial charge is 0.169 e. The summed E-state index contributed by atoms with van der Waals surface area (Å²) in [6.07, 6.45) is 0.769. The summed E-state index contributed by atoms with van der Waals surface area (Å²) >= 11 is 0. The van der Waals surface area contributed by atoms with Crippen LogP contribution < -0.4 is 9.47 Å². The van der Waals surface area contributed by atoms with Crippen LogP contribution >= 0.6 is 0 Å². The number of ether oxygens (including phenoxy) is 2. The summed E-state index contributed by atoms with van der Waals surface area (Å²) in [5, 5.41) is 0. The fourth-order valence-electron chi connectivity index (χ4n) is 4.75. The van der Waals surface area contributed by atoms with E-state index >= 15 is 0 Å². The van der Waals surface area contributed by atoms with Crippen LogP contribution in [0.4, 0.5) is 8.78 Å². The molecule has 0 atom stereocenters. The van der Waals surface area contributed by atoms with Crippen LogP contribution in [0, 0.1) is 23.5 Å². The van der Waals surface area contributed by atoms with Gasteiger partial charge in [-0.3, -0.25) is 0 Å². The van der Waals surface area contributed by atoms with Gasteiger partial charge in [0.25, 0.3) is 0 Å². The van der Waals surface area contributed by atoms with Gasteiger partial charge >= 0.3 is 0 Å². The summed E-state index contributed by atoms with van der Waals surface area (Å²) in [6.45, 7) is 0.820. The lowest BCUT2D eigenvalue weighted by atomic mass is 10.0. The zero-order valence-electron chi connectivity index (χ0n) is 21.1. The fraction of sp³-hybridized carbons (Fsp3) is 0.0857. The Kier molecular flexibility index (Phi) is 6.80. The lowest BCUT2D eigenvalue weighted by Crippen LogP contribution is -2.02. The van der Waals surface area contributed by atoms with E-state index in [1.807, 2.05) is 84.9 Å². The molecule has 1 aliphatic rings. The first-order valence-electron chi connectivity index (χ1n) is 12.7. The Hall–Kier alpha value is -4.88. The van der Waals surface area contributed by atoms with Crippen molar-refractivity contribution in [3.05, 3.63) is 154 Å². The van der Waals surface area contributed by atoms with Crippen LogP contribution in [-0.4, -0.2) is 0 Å². The number of benzene rings is 5. The molecule has 6 rings (SSSR count). The van der Waals surface area contributed by atoms with Gasteiger partial charge in [-0.05, 0) is 64.6 Å². The van der Waals surface area contributed by atoms with Gasteiger partial charge < -0.3 is 9.47 Å². The summed E-state index contributed by atoms with van der Waals surface area (Å²) in [5.74, 6) is 5.94. The second-order valence-corrected chi connectivity index (χ2v) is 9.40. The topological polar surface area (TPSA) is 18.5 Å². The maximum atomic E-state index is 14.1. The first kappa shape index (κ1) is 24.5. The van der Waals surface area contributed by atoms with Crippen molar-refractivity contribution in [2.24, 2.45) is 0 Å². The van der Waals surface area contributed by atoms with Gasteiger partial charge in [0.15, 0.2) is 11.5 Å². The Balaban J connectivity index is 1.37. The van der Waals surface area contributed by atoms with E-state index in [0.29, 0.717) is 24.7 Å². The zero-order valence-corrected chi connectivity index (χ0v) is 21.1. The molecule has 0 fully saturated rings. The molecule has 0 aliphatic heterocycles. The van der Waals surface area contributed by atoms with E-state index < -0.39 is 11.6 Å². The Morgan fingerprint density at radius 1 is 0.641 bits per heavy atom. The van der Waals surface area contributed by atoms with Crippen LogP contribution in [0.3, 0.4) is 0 Å². The third-order valence-corrected chi connectivity index (χ3v) is 6.70. The molecule has 4 heteroatoms. The third kappa shape index (κ3) is 5.39. The van der Waals surface area contributed by atoms with Gasteiger partial charge in [0.05, 0.1) is 5.56 Å². The van der Waals surface area contributed by atoms with Gasteiger partial charge in [0.2, 0.25) is 0 Å². The molecule has 2 nitrogen and oxygen atoms in total. The van der Waals surface area contributed by atoms with Crippen molar-refractivity contribution in [2.75, 3.05) is 0 Å². The van der Waals surface area contributed by atoms with Gasteiger partial charge in [0.1, 0.15) is 24.8 Å². The lowest BCUT2D eigenvalue weighted by Gasteiger charge is -2.17. The SMILES string of the molecule is Fc1ccc(C#Cc2ccc3c(c2)-c2c(ccc(OCc4ccccc4)c2OCc2ccccc2)C3)c(F)c1. The van der Waals surface area contributed by atoms with E-state index in [9.17, 15) is 8.78 Å². The van der Waals surface area contributed by atoms with Gasteiger partial charge in [0, 0.05) is 17.2 Å². The molecule has 0 spiro atoms. The van der Waals surface area contributed by atoms with E-state index in [2.05, 4.69) is 17.9 Å². The molecule has 5 aromatic carbocycles. The summed E-state index contributed by atoms with van der Waals surface area (Å²) in [5.41, 5.74) is 7.33. The zero-order chi connectivity index (χ0) is 26.6. The predicted molar refractivity (Wildman–Crippen MR) is 149 cm³/mol. The third-order valence-electron chi connectivity index (χ3n) is 6.70. The number of halogens is 2. The molecule has 5 aromatic rings. The van der Waals surface area contributed by atoms with Crippen molar-refractivity contribution in [1.82, 2.24) is 0 Å². The van der Waals surface area contributed by atoms with Crippen molar-refractivity contribution in [3.8, 4) is 34.5 Å². The highest BCUT2D eigenvalue weighted by atomic mass is 19.1. The Morgan fingerprint density at radius 2 is 1.33 bits per heavy atom. The van der Waals surface area contributed by atoms with E-state index in [4.69, 9.17) is 9.47 Å². The second kappa shape index (κ2) is 10.8. The maximum absolute atomic E-state index is 14.1. The number of hydrogen-bond acceptors (Lipinski definition) is 2. The average molecular weight is 515 g/mol. The lowest BCUT2D eigenvalue weighted by molar-refractivity contribution is 0.257. The number of hydrogen-bond donors (Lipinski definition) is 0. The molecule has 0 amide bonds. The molecule has 0 radical (unpaired) electrons. The summed E-state index contributed by atoms with van der Waals surface area (Å²) in [4.78, 5) is 0. The molecule has 39 heavy (non-hydrogen) atoms. The van der Waals surface area contributed by atoms with Crippen molar-refractivity contribution in [1.29, 1.82) is 0 Å². The van der Waals surface area contributed by atoms with Crippen molar-refractivity contribution in [3.63, 3.8) is 0 Å². The molecule has 0 aromatic heterocycles. The van der Waals surface area contributed by atoms with E-state index in [0.717, 1.165) is 51.4 Å². The first-order valence-corrected chi connectivity index (χ1v) is 12.7. The summed E-state index contributed by atoms with van der Waals surface area (Å²) in [7, 11) is 0. The minimum atomic E-state index is -0.675. The van der Waals surface area contributed by atoms with E-state index in [-0.39, 0.29) is 5.56 Å². The average Bonchev–Trinajstić information content (AvgIpc) is 3.34. The highest BCUT2D eigenvalue weighted by Crippen LogP contribution is 2.48. The van der Waals surface area contributed by atoms with Crippen molar-refractivity contribution in [2.45, 2.75) is 19.6 Å². The standard InChI is InChI=1S/C35H24F2O2/c36-30-17-15-27(32(37)21-30)13-11-24-12-14-28-20-29-16-18-33(38-22-25-7-3-1-4-8-25)35(34(29)31(28)19-24)39-23-26-9-5-2-6-10-26/h1-10,12,14-19,21H,20,22-23H2. The van der Waals surface area contributed by atoms with Crippen LogP contribution in [0.2, 0.25) is 0 Å². The van der Waals surface area contributed by atoms with Crippen LogP contribution in [-0.2, 0) is 19.6 Å². The van der Waals surface area contributed by atoms with E-state index in [1.165, 1.54) is 12.1 Å². The van der Waals surface area contributed by atoms with Gasteiger partial charge in [-0.25, -0.2) is 8.78 Å². The summed E-state index contributed by atoms with van der Waals surface area (Å²) in [6, 6.07) is 33.5. The largest absolute Gasteiger partial charge is 0.485 e. The molecule has 0 bridgehead atoms. The molecule has 0 saturated heterocycles. The monoisotopic (exact) mass is 514 g/mol. The highest BCUT2D eigenvalue weighted by molar-refractivity contribution is 5.84. The fourth-order valence-corrected chi connectivity index (χ4v) is 4.75. The Bertz CT molecular complexity index is 1700. The van der Waals surface area contributed by atoms with Crippen LogP contribution in [0.5, 0.6) is 11.5 Å². The molecule has 190 valence electrons. The maximum Gasteiger partial charge on any atom is 0.169 e. The molecular formula is C35H24F2O2. The van der Waals surface area contributed by atoms with E-state index in [1.54, 1.807) is 0 Å². The molecule has 0 unspecified atom stereocenters. The molecule has 0 saturated carbocycles.